The SMILES string of the molecule is C=CCCCS[C@@]1(c2ccccc2C)SCCS[C@]1(SCCCC=C)c1ccccc1C. The van der Waals surface area contributed by atoms with Gasteiger partial charge in [-0.3, -0.25) is 0 Å². The van der Waals surface area contributed by atoms with Crippen LogP contribution in [0, 0.1) is 13.8 Å². The quantitative estimate of drug-likeness (QED) is 0.210. The first kappa shape index (κ1) is 25.9. The molecular formula is C28H36S4. The highest BCUT2D eigenvalue weighted by atomic mass is 32.2. The van der Waals surface area contributed by atoms with Gasteiger partial charge in [-0.25, -0.2) is 0 Å². The van der Waals surface area contributed by atoms with E-state index in [1.807, 2.05) is 0 Å². The van der Waals surface area contributed by atoms with Gasteiger partial charge in [-0.2, -0.15) is 0 Å². The van der Waals surface area contributed by atoms with Crippen molar-refractivity contribution in [2.75, 3.05) is 23.0 Å². The van der Waals surface area contributed by atoms with Gasteiger partial charge in [-0.15, -0.1) is 60.2 Å². The Balaban J connectivity index is 2.18. The Bertz CT molecular complexity index is 819. The zero-order valence-electron chi connectivity index (χ0n) is 19.5. The van der Waals surface area contributed by atoms with Crippen LogP contribution < -0.4 is 0 Å². The molecule has 0 unspecified atom stereocenters. The van der Waals surface area contributed by atoms with Gasteiger partial charge < -0.3 is 0 Å². The van der Waals surface area contributed by atoms with Crippen molar-refractivity contribution >= 4 is 47.0 Å². The third kappa shape index (κ3) is 5.51. The van der Waals surface area contributed by atoms with E-state index in [0.29, 0.717) is 0 Å². The average Bonchev–Trinajstić information content (AvgIpc) is 2.81. The monoisotopic (exact) mass is 500 g/mol. The minimum Gasteiger partial charge on any atom is -0.137 e. The lowest BCUT2D eigenvalue weighted by Crippen LogP contribution is -2.44. The first-order chi connectivity index (χ1) is 15.6. The van der Waals surface area contributed by atoms with Crippen molar-refractivity contribution < 1.29 is 0 Å². The molecule has 1 heterocycles. The van der Waals surface area contributed by atoms with Gasteiger partial charge in [0.05, 0.1) is 0 Å². The molecule has 0 amide bonds. The van der Waals surface area contributed by atoms with E-state index in [4.69, 9.17) is 0 Å². The van der Waals surface area contributed by atoms with Crippen molar-refractivity contribution in [2.45, 2.75) is 47.7 Å². The summed E-state index contributed by atoms with van der Waals surface area (Å²) in [6, 6.07) is 18.2. The van der Waals surface area contributed by atoms with Gasteiger partial charge in [0.2, 0.25) is 0 Å². The molecule has 0 saturated carbocycles. The molecule has 32 heavy (non-hydrogen) atoms. The summed E-state index contributed by atoms with van der Waals surface area (Å²) >= 11 is 8.73. The molecule has 4 heteroatoms. The van der Waals surface area contributed by atoms with Crippen LogP contribution in [0.5, 0.6) is 0 Å². The Labute approximate surface area is 212 Å². The molecule has 2 atom stereocenters. The number of aryl methyl sites for hydroxylation is 2. The number of allylic oxidation sites excluding steroid dienone is 2. The first-order valence-corrected chi connectivity index (χ1v) is 15.5. The van der Waals surface area contributed by atoms with Crippen LogP contribution in [0.1, 0.15) is 47.9 Å². The Morgan fingerprint density at radius 2 is 1.16 bits per heavy atom. The predicted molar refractivity (Wildman–Crippen MR) is 154 cm³/mol. The van der Waals surface area contributed by atoms with E-state index in [1.54, 1.807) is 0 Å². The van der Waals surface area contributed by atoms with Crippen LogP contribution in [0.3, 0.4) is 0 Å². The molecule has 1 aliphatic heterocycles. The summed E-state index contributed by atoms with van der Waals surface area (Å²) in [7, 11) is 0. The fourth-order valence-corrected chi connectivity index (χ4v) is 12.5. The fraction of sp³-hybridized carbons (Fsp3) is 0.429. The standard InChI is InChI=1S/C28H36S4/c1-5-7-13-19-29-27(25-17-11-9-15-23(25)3)28(32-22-21-31-27,30-20-14-8-6-2)26-18-12-10-16-24(26)4/h5-6,9-12,15-18H,1-2,7-8,13-14,19-22H2,3-4H3/t27-,28+. The minimum atomic E-state index is -0.0343. The van der Waals surface area contributed by atoms with E-state index in [0.717, 1.165) is 24.3 Å². The maximum absolute atomic E-state index is 3.95. The Morgan fingerprint density at radius 3 is 1.53 bits per heavy atom. The van der Waals surface area contributed by atoms with E-state index >= 15 is 0 Å². The van der Waals surface area contributed by atoms with E-state index in [9.17, 15) is 0 Å². The van der Waals surface area contributed by atoms with Gasteiger partial charge in [-0.1, -0.05) is 60.7 Å². The molecule has 0 aromatic heterocycles. The van der Waals surface area contributed by atoms with Crippen molar-refractivity contribution in [2.24, 2.45) is 0 Å². The summed E-state index contributed by atoms with van der Waals surface area (Å²) in [6.45, 7) is 12.5. The summed E-state index contributed by atoms with van der Waals surface area (Å²) in [6.07, 6.45) is 8.64. The second-order valence-electron chi connectivity index (χ2n) is 8.12. The minimum absolute atomic E-state index is 0.0343. The second kappa shape index (κ2) is 12.7. The molecule has 1 saturated heterocycles. The zero-order chi connectivity index (χ0) is 22.9. The maximum Gasteiger partial charge on any atom is 0.114 e. The molecule has 0 radical (unpaired) electrons. The van der Waals surface area contributed by atoms with E-state index in [1.165, 1.54) is 46.6 Å². The zero-order valence-corrected chi connectivity index (χ0v) is 22.7. The lowest BCUT2D eigenvalue weighted by molar-refractivity contribution is 0.758. The van der Waals surface area contributed by atoms with Crippen molar-refractivity contribution in [1.82, 2.24) is 0 Å². The van der Waals surface area contributed by atoms with Crippen LogP contribution in [0.25, 0.3) is 0 Å². The normalized spacial score (nSPS) is 23.1. The van der Waals surface area contributed by atoms with Crippen LogP contribution in [0.4, 0.5) is 0 Å². The van der Waals surface area contributed by atoms with Crippen molar-refractivity contribution in [3.63, 3.8) is 0 Å². The van der Waals surface area contributed by atoms with Gasteiger partial charge in [0.25, 0.3) is 0 Å². The number of unbranched alkanes of at least 4 members (excludes halogenated alkanes) is 2. The van der Waals surface area contributed by atoms with Gasteiger partial charge in [0.15, 0.2) is 0 Å². The molecular weight excluding hydrogens is 465 g/mol. The van der Waals surface area contributed by atoms with Crippen LogP contribution in [0.15, 0.2) is 73.8 Å². The smallest absolute Gasteiger partial charge is 0.114 e. The Hall–Kier alpha value is -0.680. The molecule has 1 aliphatic rings. The molecule has 3 rings (SSSR count). The largest absolute Gasteiger partial charge is 0.137 e. The average molecular weight is 501 g/mol. The van der Waals surface area contributed by atoms with Crippen molar-refractivity contribution in [3.8, 4) is 0 Å². The summed E-state index contributed by atoms with van der Waals surface area (Å²) in [5.74, 6) is 4.67. The number of benzene rings is 2. The molecule has 172 valence electrons. The molecule has 0 aliphatic carbocycles. The predicted octanol–water partition coefficient (Wildman–Crippen LogP) is 9.19. The molecule has 1 fully saturated rings. The lowest BCUT2D eigenvalue weighted by Gasteiger charge is -2.53. The summed E-state index contributed by atoms with van der Waals surface area (Å²) in [4.78, 5) is 0. The topological polar surface area (TPSA) is 0 Å². The third-order valence-electron chi connectivity index (χ3n) is 5.84. The Morgan fingerprint density at radius 1 is 0.750 bits per heavy atom. The molecule has 0 N–H and O–H groups in total. The van der Waals surface area contributed by atoms with Crippen LogP contribution in [-0.2, 0) is 8.16 Å². The molecule has 0 nitrogen and oxygen atoms in total. The molecule has 2 aromatic carbocycles. The van der Waals surface area contributed by atoms with Crippen LogP contribution in [0.2, 0.25) is 0 Å². The van der Waals surface area contributed by atoms with Crippen molar-refractivity contribution in [1.29, 1.82) is 0 Å². The third-order valence-corrected chi connectivity index (χ3v) is 13.6. The van der Waals surface area contributed by atoms with E-state index in [-0.39, 0.29) is 8.16 Å². The highest BCUT2D eigenvalue weighted by Crippen LogP contribution is 2.71. The molecule has 0 bridgehead atoms. The van der Waals surface area contributed by atoms with Crippen LogP contribution >= 0.6 is 47.0 Å². The Kier molecular flexibility index (Phi) is 10.3. The first-order valence-electron chi connectivity index (χ1n) is 11.5. The molecule has 0 spiro atoms. The van der Waals surface area contributed by atoms with E-state index in [2.05, 4.69) is 135 Å². The van der Waals surface area contributed by atoms with Crippen molar-refractivity contribution in [3.05, 3.63) is 96.1 Å². The summed E-state index contributed by atoms with van der Waals surface area (Å²) in [5.41, 5.74) is 5.81. The number of thioether (sulfide) groups is 4. The lowest BCUT2D eigenvalue weighted by atomic mass is 9.95. The number of hydrogen-bond donors (Lipinski definition) is 0. The summed E-state index contributed by atoms with van der Waals surface area (Å²) < 4.78 is -0.0687. The second-order valence-corrected chi connectivity index (χ2v) is 13.9. The van der Waals surface area contributed by atoms with Gasteiger partial charge in [0.1, 0.15) is 8.16 Å². The van der Waals surface area contributed by atoms with Gasteiger partial charge >= 0.3 is 0 Å². The number of rotatable bonds is 12. The van der Waals surface area contributed by atoms with E-state index < -0.39 is 0 Å². The van der Waals surface area contributed by atoms with Gasteiger partial charge in [0, 0.05) is 11.5 Å². The number of hydrogen-bond acceptors (Lipinski definition) is 4. The summed E-state index contributed by atoms with van der Waals surface area (Å²) in [5, 5.41) is 0. The maximum atomic E-state index is 3.95. The fourth-order valence-electron chi connectivity index (χ4n) is 4.27. The van der Waals surface area contributed by atoms with Crippen LogP contribution in [-0.4, -0.2) is 23.0 Å². The van der Waals surface area contributed by atoms with Gasteiger partial charge in [-0.05, 0) is 73.3 Å². The highest BCUT2D eigenvalue weighted by molar-refractivity contribution is 8.25. The molecule has 2 aromatic rings. The highest BCUT2D eigenvalue weighted by Gasteiger charge is 2.58.